The molecule has 1 heterocycles. The predicted molar refractivity (Wildman–Crippen MR) is 51.5 cm³/mol. The Kier molecular flexibility index (Phi) is 1.82. The van der Waals surface area contributed by atoms with Gasteiger partial charge in [0.2, 0.25) is 0 Å². The second-order valence-electron chi connectivity index (χ2n) is 3.17. The summed E-state index contributed by atoms with van der Waals surface area (Å²) >= 11 is 0.521. The number of benzene rings is 1. The van der Waals surface area contributed by atoms with Gasteiger partial charge in [0.1, 0.15) is 0 Å². The Morgan fingerprint density at radius 2 is 2.00 bits per heavy atom. The Morgan fingerprint density at radius 3 is 2.75 bits per heavy atom. The Hall–Kier alpha value is -0.591. The molecule has 1 aromatic carbocycles. The van der Waals surface area contributed by atoms with Gasteiger partial charge >= 0.3 is 78.3 Å². The van der Waals surface area contributed by atoms with E-state index in [2.05, 4.69) is 42.7 Å². The van der Waals surface area contributed by atoms with Gasteiger partial charge in [-0.3, -0.25) is 0 Å². The zero-order valence-corrected chi connectivity index (χ0v) is 9.30. The van der Waals surface area contributed by atoms with Crippen LogP contribution in [-0.2, 0) is 7.05 Å². The van der Waals surface area contributed by atoms with Crippen molar-refractivity contribution >= 4 is 24.4 Å². The molecule has 0 aliphatic rings. The molecule has 2 heteroatoms. The van der Waals surface area contributed by atoms with Crippen molar-refractivity contribution in [2.75, 3.05) is 0 Å². The average molecular weight is 225 g/mol. The third kappa shape index (κ3) is 1.12. The van der Waals surface area contributed by atoms with E-state index in [0.29, 0.717) is 14.7 Å². The average Bonchev–Trinajstić information content (AvgIpc) is 2.31. The Morgan fingerprint density at radius 1 is 1.25 bits per heavy atom. The van der Waals surface area contributed by atoms with Crippen LogP contribution < -0.4 is 3.56 Å². The summed E-state index contributed by atoms with van der Waals surface area (Å²) in [7, 11) is 2.17. The van der Waals surface area contributed by atoms with E-state index >= 15 is 0 Å². The minimum absolute atomic E-state index is 0.521. The van der Waals surface area contributed by atoms with E-state index < -0.39 is 0 Å². The van der Waals surface area contributed by atoms with Gasteiger partial charge in [-0.25, -0.2) is 0 Å². The van der Waals surface area contributed by atoms with Gasteiger partial charge in [-0.2, -0.15) is 0 Å². The zero-order chi connectivity index (χ0) is 8.72. The first-order chi connectivity index (χ1) is 5.68. The molecule has 0 aliphatic carbocycles. The molecule has 12 heavy (non-hydrogen) atoms. The molecular formula is C10H12NSe+. The number of hydrogen-bond donors (Lipinski definition) is 0. The van der Waals surface area contributed by atoms with Crippen LogP contribution in [0, 0.1) is 13.8 Å². The van der Waals surface area contributed by atoms with Crippen LogP contribution in [0.5, 0.6) is 0 Å². The fourth-order valence-electron chi connectivity index (χ4n) is 1.39. The molecule has 2 aromatic rings. The SMILES string of the molecule is Cc1ccc2[se][n+](C)c(C)c2c1. The number of rotatable bonds is 0. The van der Waals surface area contributed by atoms with Gasteiger partial charge in [-0.05, 0) is 0 Å². The van der Waals surface area contributed by atoms with Crippen LogP contribution in [0.2, 0.25) is 0 Å². The third-order valence-electron chi connectivity index (χ3n) is 2.23. The molecule has 62 valence electrons. The van der Waals surface area contributed by atoms with Crippen molar-refractivity contribution < 1.29 is 3.56 Å². The Labute approximate surface area is 78.6 Å². The molecule has 0 N–H and O–H groups in total. The van der Waals surface area contributed by atoms with Gasteiger partial charge < -0.3 is 0 Å². The number of aryl methyl sites for hydroxylation is 3. The fourth-order valence-corrected chi connectivity index (χ4v) is 3.41. The Bertz CT molecular complexity index is 429. The maximum atomic E-state index is 2.36. The molecule has 1 nitrogen and oxygen atoms in total. The molecule has 0 aliphatic heterocycles. The molecule has 0 amide bonds. The first-order valence-corrected chi connectivity index (χ1v) is 5.67. The summed E-state index contributed by atoms with van der Waals surface area (Å²) < 4.78 is 3.88. The van der Waals surface area contributed by atoms with Crippen LogP contribution >= 0.6 is 0 Å². The van der Waals surface area contributed by atoms with E-state index in [1.807, 2.05) is 0 Å². The molecule has 0 bridgehead atoms. The molecule has 0 spiro atoms. The van der Waals surface area contributed by atoms with Gasteiger partial charge in [0.25, 0.3) is 0 Å². The zero-order valence-electron chi connectivity index (χ0n) is 7.59. The molecule has 2 rings (SSSR count). The van der Waals surface area contributed by atoms with Crippen molar-refractivity contribution in [1.29, 1.82) is 0 Å². The summed E-state index contributed by atoms with van der Waals surface area (Å²) in [5, 5.41) is 1.46. The van der Waals surface area contributed by atoms with Gasteiger partial charge in [-0.15, -0.1) is 0 Å². The van der Waals surface area contributed by atoms with Crippen molar-refractivity contribution in [3.8, 4) is 0 Å². The molecule has 0 radical (unpaired) electrons. The molecule has 1 aromatic heterocycles. The molecule has 0 saturated carbocycles. The molecule has 0 atom stereocenters. The Balaban J connectivity index is 2.88. The van der Waals surface area contributed by atoms with E-state index in [1.165, 1.54) is 20.9 Å². The quantitative estimate of drug-likeness (QED) is 0.596. The molecule has 0 saturated heterocycles. The molecule has 0 fully saturated rings. The van der Waals surface area contributed by atoms with Crippen molar-refractivity contribution in [2.45, 2.75) is 13.8 Å². The van der Waals surface area contributed by atoms with Gasteiger partial charge in [0, 0.05) is 0 Å². The predicted octanol–water partition coefficient (Wildman–Crippen LogP) is 1.34. The number of aromatic nitrogens is 1. The van der Waals surface area contributed by atoms with Crippen molar-refractivity contribution in [3.05, 3.63) is 29.5 Å². The van der Waals surface area contributed by atoms with Crippen LogP contribution in [0.3, 0.4) is 0 Å². The van der Waals surface area contributed by atoms with E-state index in [4.69, 9.17) is 0 Å². The van der Waals surface area contributed by atoms with Crippen molar-refractivity contribution in [1.82, 2.24) is 0 Å². The summed E-state index contributed by atoms with van der Waals surface area (Å²) in [5.74, 6) is 0. The molecule has 0 unspecified atom stereocenters. The first kappa shape index (κ1) is 8.03. The number of hydrogen-bond acceptors (Lipinski definition) is 0. The summed E-state index contributed by atoms with van der Waals surface area (Å²) in [6.45, 7) is 4.35. The number of fused-ring (bicyclic) bond motifs is 1. The first-order valence-electron chi connectivity index (χ1n) is 4.05. The van der Waals surface area contributed by atoms with Crippen molar-refractivity contribution in [3.63, 3.8) is 0 Å². The van der Waals surface area contributed by atoms with Crippen LogP contribution in [0.15, 0.2) is 18.2 Å². The fraction of sp³-hybridized carbons (Fsp3) is 0.300. The van der Waals surface area contributed by atoms with Gasteiger partial charge in [0.15, 0.2) is 0 Å². The molecular weight excluding hydrogens is 213 g/mol. The standard InChI is InChI=1S/C10H12NSe/c1-7-4-5-10-9(6-7)8(2)11(3)12-10/h4-6H,1-3H3/q+1. The second-order valence-corrected chi connectivity index (χ2v) is 5.63. The van der Waals surface area contributed by atoms with Crippen molar-refractivity contribution in [2.24, 2.45) is 7.05 Å². The summed E-state index contributed by atoms with van der Waals surface area (Å²) in [6.07, 6.45) is 0. The van der Waals surface area contributed by atoms with Gasteiger partial charge in [-0.1, -0.05) is 0 Å². The van der Waals surface area contributed by atoms with Gasteiger partial charge in [0.05, 0.1) is 0 Å². The topological polar surface area (TPSA) is 3.88 Å². The van der Waals surface area contributed by atoms with Crippen LogP contribution in [-0.4, -0.2) is 14.7 Å². The minimum atomic E-state index is 0.521. The summed E-state index contributed by atoms with van der Waals surface area (Å²) in [5.41, 5.74) is 2.79. The van der Waals surface area contributed by atoms with Crippen LogP contribution in [0.25, 0.3) is 9.65 Å². The maximum absolute atomic E-state index is 2.36. The summed E-state index contributed by atoms with van der Waals surface area (Å²) in [6, 6.07) is 6.75. The van der Waals surface area contributed by atoms with E-state index in [1.54, 1.807) is 0 Å². The van der Waals surface area contributed by atoms with Crippen LogP contribution in [0.4, 0.5) is 0 Å². The third-order valence-corrected chi connectivity index (χ3v) is 4.54. The normalized spacial score (nSPS) is 10.9. The van der Waals surface area contributed by atoms with E-state index in [0.717, 1.165) is 0 Å². The number of nitrogens with zero attached hydrogens (tertiary/aromatic N) is 1. The monoisotopic (exact) mass is 226 g/mol. The van der Waals surface area contributed by atoms with E-state index in [9.17, 15) is 0 Å². The second kappa shape index (κ2) is 2.72. The van der Waals surface area contributed by atoms with Crippen LogP contribution in [0.1, 0.15) is 11.3 Å². The summed E-state index contributed by atoms with van der Waals surface area (Å²) in [4.78, 5) is 0. The van der Waals surface area contributed by atoms with E-state index in [-0.39, 0.29) is 0 Å².